The Bertz CT molecular complexity index is 401. The molecule has 0 amide bonds. The maximum Gasteiger partial charge on any atom is 0.320 e. The number of hydrogen-bond donors (Lipinski definition) is 2. The fourth-order valence-corrected chi connectivity index (χ4v) is 2.17. The zero-order chi connectivity index (χ0) is 12.8. The maximum absolute atomic E-state index is 13.2. The summed E-state index contributed by atoms with van der Waals surface area (Å²) in [7, 11) is 0. The molecular formula is C11H13F2NO2S. The number of carboxylic acid groups (broad SMARTS) is 1. The molecule has 0 saturated carbocycles. The highest BCUT2D eigenvalue weighted by molar-refractivity contribution is 7.98. The van der Waals surface area contributed by atoms with Crippen LogP contribution in [0.3, 0.4) is 0 Å². The fourth-order valence-electron chi connectivity index (χ4n) is 1.15. The van der Waals surface area contributed by atoms with E-state index in [0.717, 1.165) is 6.07 Å². The van der Waals surface area contributed by atoms with Crippen LogP contribution in [0.5, 0.6) is 0 Å². The molecule has 0 aliphatic heterocycles. The lowest BCUT2D eigenvalue weighted by Gasteiger charge is -2.06. The van der Waals surface area contributed by atoms with Crippen molar-refractivity contribution in [1.82, 2.24) is 0 Å². The molecule has 0 saturated heterocycles. The lowest BCUT2D eigenvalue weighted by molar-refractivity contribution is -0.138. The Morgan fingerprint density at radius 1 is 1.47 bits per heavy atom. The van der Waals surface area contributed by atoms with Gasteiger partial charge in [0.1, 0.15) is 17.7 Å². The predicted octanol–water partition coefficient (Wildman–Crippen LogP) is 2.00. The summed E-state index contributed by atoms with van der Waals surface area (Å²) in [5, 5.41) is 8.54. The van der Waals surface area contributed by atoms with Crippen molar-refractivity contribution >= 4 is 17.7 Å². The molecule has 1 atom stereocenters. The van der Waals surface area contributed by atoms with E-state index in [1.807, 2.05) is 0 Å². The van der Waals surface area contributed by atoms with Crippen molar-refractivity contribution < 1.29 is 18.7 Å². The van der Waals surface area contributed by atoms with E-state index in [0.29, 0.717) is 23.5 Å². The molecule has 94 valence electrons. The minimum Gasteiger partial charge on any atom is -0.480 e. The summed E-state index contributed by atoms with van der Waals surface area (Å²) < 4.78 is 25.8. The smallest absolute Gasteiger partial charge is 0.320 e. The first-order chi connectivity index (χ1) is 8.00. The van der Waals surface area contributed by atoms with E-state index < -0.39 is 23.6 Å². The third kappa shape index (κ3) is 4.70. The minimum absolute atomic E-state index is 0.322. The molecule has 0 aliphatic rings. The third-order valence-corrected chi connectivity index (χ3v) is 3.20. The molecule has 0 bridgehead atoms. The van der Waals surface area contributed by atoms with Crippen molar-refractivity contribution in [2.45, 2.75) is 18.2 Å². The summed E-state index contributed by atoms with van der Waals surface area (Å²) in [6.07, 6.45) is 0.322. The van der Waals surface area contributed by atoms with Crippen molar-refractivity contribution in [2.24, 2.45) is 5.73 Å². The lowest BCUT2D eigenvalue weighted by atomic mass is 10.2. The van der Waals surface area contributed by atoms with Gasteiger partial charge in [-0.15, -0.1) is 0 Å². The van der Waals surface area contributed by atoms with E-state index in [1.165, 1.54) is 23.9 Å². The van der Waals surface area contributed by atoms with Crippen LogP contribution in [0.25, 0.3) is 0 Å². The lowest BCUT2D eigenvalue weighted by Crippen LogP contribution is -2.30. The van der Waals surface area contributed by atoms with Gasteiger partial charge in [-0.05, 0) is 23.8 Å². The van der Waals surface area contributed by atoms with Gasteiger partial charge in [0.25, 0.3) is 0 Å². The van der Waals surface area contributed by atoms with Crippen LogP contribution in [0.15, 0.2) is 18.2 Å². The molecule has 0 aromatic heterocycles. The van der Waals surface area contributed by atoms with E-state index >= 15 is 0 Å². The average molecular weight is 261 g/mol. The van der Waals surface area contributed by atoms with E-state index in [9.17, 15) is 13.6 Å². The topological polar surface area (TPSA) is 63.3 Å². The molecule has 0 spiro atoms. The Morgan fingerprint density at radius 3 is 2.76 bits per heavy atom. The zero-order valence-corrected chi connectivity index (χ0v) is 9.84. The van der Waals surface area contributed by atoms with Crippen LogP contribution in [-0.2, 0) is 10.5 Å². The van der Waals surface area contributed by atoms with Gasteiger partial charge in [-0.25, -0.2) is 8.78 Å². The van der Waals surface area contributed by atoms with Crippen LogP contribution in [0, 0.1) is 11.6 Å². The van der Waals surface area contributed by atoms with E-state index in [4.69, 9.17) is 10.8 Å². The van der Waals surface area contributed by atoms with Crippen LogP contribution in [0.1, 0.15) is 12.0 Å². The quantitative estimate of drug-likeness (QED) is 0.769. The van der Waals surface area contributed by atoms with Crippen molar-refractivity contribution in [3.63, 3.8) is 0 Å². The predicted molar refractivity (Wildman–Crippen MR) is 62.7 cm³/mol. The zero-order valence-electron chi connectivity index (χ0n) is 9.03. The second-order valence-corrected chi connectivity index (χ2v) is 4.63. The third-order valence-electron chi connectivity index (χ3n) is 2.16. The highest BCUT2D eigenvalue weighted by atomic mass is 32.2. The number of hydrogen-bond acceptors (Lipinski definition) is 3. The fraction of sp³-hybridized carbons (Fsp3) is 0.364. The molecule has 1 aromatic rings. The first kappa shape index (κ1) is 13.9. The minimum atomic E-state index is -1.04. The van der Waals surface area contributed by atoms with Crippen molar-refractivity contribution in [3.8, 4) is 0 Å². The molecule has 1 aromatic carbocycles. The molecule has 0 radical (unpaired) electrons. The standard InChI is InChI=1S/C11H13F2NO2S/c12-8-2-1-7(9(13)5-8)6-17-4-3-10(14)11(15)16/h1-2,5,10H,3-4,6,14H2,(H,15,16). The second-order valence-electron chi connectivity index (χ2n) is 3.52. The first-order valence-electron chi connectivity index (χ1n) is 5.00. The van der Waals surface area contributed by atoms with Gasteiger partial charge in [0.15, 0.2) is 0 Å². The van der Waals surface area contributed by atoms with Gasteiger partial charge >= 0.3 is 5.97 Å². The van der Waals surface area contributed by atoms with Gasteiger partial charge in [-0.3, -0.25) is 4.79 Å². The maximum atomic E-state index is 13.2. The summed E-state index contributed by atoms with van der Waals surface area (Å²) in [6, 6.07) is 2.52. The molecule has 1 rings (SSSR count). The van der Waals surface area contributed by atoms with Gasteiger partial charge in [-0.2, -0.15) is 11.8 Å². The molecule has 6 heteroatoms. The van der Waals surface area contributed by atoms with Crippen LogP contribution in [-0.4, -0.2) is 22.9 Å². The van der Waals surface area contributed by atoms with Gasteiger partial charge < -0.3 is 10.8 Å². The summed E-state index contributed by atoms with van der Waals surface area (Å²) in [5.74, 6) is -1.34. The molecule has 0 aliphatic carbocycles. The number of carbonyl (C=O) groups is 1. The summed E-state index contributed by atoms with van der Waals surface area (Å²) >= 11 is 1.37. The normalized spacial score (nSPS) is 12.4. The number of nitrogens with two attached hydrogens (primary N) is 1. The number of rotatable bonds is 6. The molecular weight excluding hydrogens is 248 g/mol. The molecule has 0 fully saturated rings. The largest absolute Gasteiger partial charge is 0.480 e. The Hall–Kier alpha value is -1.14. The summed E-state index contributed by atoms with van der Waals surface area (Å²) in [6.45, 7) is 0. The second kappa shape index (κ2) is 6.56. The van der Waals surface area contributed by atoms with Crippen LogP contribution in [0.2, 0.25) is 0 Å². The van der Waals surface area contributed by atoms with Crippen molar-refractivity contribution in [2.75, 3.05) is 5.75 Å². The molecule has 17 heavy (non-hydrogen) atoms. The Balaban J connectivity index is 2.34. The molecule has 3 nitrogen and oxygen atoms in total. The van der Waals surface area contributed by atoms with Crippen LogP contribution < -0.4 is 5.73 Å². The van der Waals surface area contributed by atoms with Gasteiger partial charge in [0.05, 0.1) is 0 Å². The molecule has 0 heterocycles. The van der Waals surface area contributed by atoms with Crippen LogP contribution in [0.4, 0.5) is 8.78 Å². The van der Waals surface area contributed by atoms with Gasteiger partial charge in [0, 0.05) is 11.8 Å². The SMILES string of the molecule is NC(CCSCc1ccc(F)cc1F)C(=O)O. The van der Waals surface area contributed by atoms with E-state index in [-0.39, 0.29) is 0 Å². The number of carboxylic acids is 1. The monoisotopic (exact) mass is 261 g/mol. The average Bonchev–Trinajstić information content (AvgIpc) is 2.26. The Labute approximate surface area is 102 Å². The number of aliphatic carboxylic acids is 1. The Morgan fingerprint density at radius 2 is 2.18 bits per heavy atom. The highest BCUT2D eigenvalue weighted by Crippen LogP contribution is 2.17. The summed E-state index contributed by atoms with van der Waals surface area (Å²) in [5.41, 5.74) is 5.71. The van der Waals surface area contributed by atoms with Crippen molar-refractivity contribution in [3.05, 3.63) is 35.4 Å². The van der Waals surface area contributed by atoms with E-state index in [2.05, 4.69) is 0 Å². The van der Waals surface area contributed by atoms with Gasteiger partial charge in [0.2, 0.25) is 0 Å². The highest BCUT2D eigenvalue weighted by Gasteiger charge is 2.10. The first-order valence-corrected chi connectivity index (χ1v) is 6.16. The van der Waals surface area contributed by atoms with E-state index in [1.54, 1.807) is 0 Å². The molecule has 3 N–H and O–H groups in total. The number of thioether (sulfide) groups is 1. The molecule has 1 unspecified atom stereocenters. The number of benzene rings is 1. The van der Waals surface area contributed by atoms with Gasteiger partial charge in [-0.1, -0.05) is 6.07 Å². The Kier molecular flexibility index (Phi) is 5.37. The summed E-state index contributed by atoms with van der Waals surface area (Å²) in [4.78, 5) is 10.4. The van der Waals surface area contributed by atoms with Crippen LogP contribution >= 0.6 is 11.8 Å². The number of halogens is 2. The van der Waals surface area contributed by atoms with Crippen molar-refractivity contribution in [1.29, 1.82) is 0 Å².